The number of hydrogen-bond acceptors (Lipinski definition) is 5. The van der Waals surface area contributed by atoms with Gasteiger partial charge in [0.05, 0.1) is 11.8 Å². The van der Waals surface area contributed by atoms with Crippen molar-refractivity contribution in [1.29, 1.82) is 0 Å². The number of nitrogens with zero attached hydrogens (tertiary/aromatic N) is 1. The number of hydrogen-bond donors (Lipinski definition) is 4. The van der Waals surface area contributed by atoms with Crippen LogP contribution in [-0.4, -0.2) is 26.9 Å². The lowest BCUT2D eigenvalue weighted by atomic mass is 10.0. The molecule has 1 heterocycles. The van der Waals surface area contributed by atoms with E-state index >= 15 is 0 Å². The van der Waals surface area contributed by atoms with Gasteiger partial charge in [0.2, 0.25) is 11.8 Å². The van der Waals surface area contributed by atoms with E-state index in [0.717, 1.165) is 5.56 Å². The largest absolute Gasteiger partial charge is 0.492 e. The number of benzene rings is 3. The second-order valence-electron chi connectivity index (χ2n) is 7.60. The average molecular weight is 461 g/mol. The lowest BCUT2D eigenvalue weighted by molar-refractivity contribution is -0.115. The maximum Gasteiger partial charge on any atom is 0.294 e. The monoisotopic (exact) mass is 461 g/mol. The fraction of sp³-hybridized carbons (Fsp3) is 0.0800. The number of aromatic nitrogens is 1. The molecule has 9 heteroatoms. The molecule has 0 atom stereocenters. The van der Waals surface area contributed by atoms with Gasteiger partial charge in [0.25, 0.3) is 11.5 Å². The van der Waals surface area contributed by atoms with E-state index < -0.39 is 23.2 Å². The molecule has 0 aliphatic heterocycles. The quantitative estimate of drug-likeness (QED) is 0.329. The van der Waals surface area contributed by atoms with Gasteiger partial charge in [0, 0.05) is 17.6 Å². The van der Waals surface area contributed by atoms with Gasteiger partial charge in [-0.05, 0) is 35.4 Å². The van der Waals surface area contributed by atoms with Crippen LogP contribution in [0.15, 0.2) is 77.6 Å². The number of halogens is 1. The van der Waals surface area contributed by atoms with E-state index in [9.17, 15) is 29.1 Å². The summed E-state index contributed by atoms with van der Waals surface area (Å²) >= 11 is 0. The summed E-state index contributed by atoms with van der Waals surface area (Å²) in [6.07, 6.45) is 0.121. The molecule has 0 radical (unpaired) electrons. The van der Waals surface area contributed by atoms with Crippen molar-refractivity contribution in [1.82, 2.24) is 10.0 Å². The van der Waals surface area contributed by atoms with Crippen LogP contribution in [0.4, 0.5) is 10.1 Å². The minimum atomic E-state index is -0.957. The molecule has 0 fully saturated rings. The summed E-state index contributed by atoms with van der Waals surface area (Å²) in [7, 11) is 0. The first kappa shape index (κ1) is 22.5. The Morgan fingerprint density at radius 2 is 1.62 bits per heavy atom. The molecule has 1 aromatic heterocycles. The van der Waals surface area contributed by atoms with Crippen molar-refractivity contribution < 1.29 is 24.3 Å². The van der Waals surface area contributed by atoms with Crippen LogP contribution < -0.4 is 16.2 Å². The summed E-state index contributed by atoms with van der Waals surface area (Å²) in [6.45, 7) is 0.0260. The lowest BCUT2D eigenvalue weighted by Gasteiger charge is -2.13. The van der Waals surface area contributed by atoms with Crippen molar-refractivity contribution in [2.45, 2.75) is 13.0 Å². The van der Waals surface area contributed by atoms with Crippen LogP contribution in [0.1, 0.15) is 21.5 Å². The predicted molar refractivity (Wildman–Crippen MR) is 123 cm³/mol. The maximum absolute atomic E-state index is 13.1. The molecule has 0 spiro atoms. The molecule has 0 saturated heterocycles. The smallest absolute Gasteiger partial charge is 0.294 e. The zero-order valence-electron chi connectivity index (χ0n) is 17.8. The topological polar surface area (TPSA) is 121 Å². The van der Waals surface area contributed by atoms with Gasteiger partial charge in [-0.15, -0.1) is 4.73 Å². The number of amides is 2. The van der Waals surface area contributed by atoms with Crippen LogP contribution in [0.5, 0.6) is 5.88 Å². The number of aromatic hydroxyl groups is 1. The third-order valence-corrected chi connectivity index (χ3v) is 5.22. The van der Waals surface area contributed by atoms with Gasteiger partial charge >= 0.3 is 0 Å². The summed E-state index contributed by atoms with van der Waals surface area (Å²) < 4.78 is 13.1. The highest BCUT2D eigenvalue weighted by atomic mass is 19.1. The molecule has 172 valence electrons. The van der Waals surface area contributed by atoms with E-state index in [2.05, 4.69) is 10.6 Å². The highest BCUT2D eigenvalue weighted by Crippen LogP contribution is 2.26. The molecule has 4 rings (SSSR count). The second kappa shape index (κ2) is 9.45. The summed E-state index contributed by atoms with van der Waals surface area (Å²) in [6, 6.07) is 18.8. The van der Waals surface area contributed by atoms with Crippen molar-refractivity contribution in [3.8, 4) is 5.88 Å². The zero-order chi connectivity index (χ0) is 24.2. The van der Waals surface area contributed by atoms with Gasteiger partial charge in [-0.25, -0.2) is 4.39 Å². The summed E-state index contributed by atoms with van der Waals surface area (Å²) in [5.74, 6) is -2.41. The van der Waals surface area contributed by atoms with Crippen LogP contribution in [-0.2, 0) is 17.8 Å². The van der Waals surface area contributed by atoms with Crippen LogP contribution in [0.2, 0.25) is 0 Å². The van der Waals surface area contributed by atoms with Crippen molar-refractivity contribution in [3.05, 3.63) is 106 Å². The fourth-order valence-electron chi connectivity index (χ4n) is 3.54. The number of fused-ring (bicyclic) bond motifs is 1. The van der Waals surface area contributed by atoms with Crippen molar-refractivity contribution >= 4 is 28.3 Å². The van der Waals surface area contributed by atoms with Gasteiger partial charge in [-0.2, -0.15) is 0 Å². The molecular weight excluding hydrogens is 441 g/mol. The number of carbonyl (C=O) groups excluding carboxylic acids is 2. The van der Waals surface area contributed by atoms with Gasteiger partial charge in [-0.1, -0.05) is 48.5 Å². The van der Waals surface area contributed by atoms with E-state index in [1.165, 1.54) is 42.5 Å². The molecular formula is C25H20FN3O5. The number of pyridine rings is 1. The minimum absolute atomic E-state index is 0.0231. The normalized spacial score (nSPS) is 10.7. The molecule has 0 saturated carbocycles. The van der Waals surface area contributed by atoms with Crippen molar-refractivity contribution in [2.75, 3.05) is 5.32 Å². The number of rotatable bonds is 6. The minimum Gasteiger partial charge on any atom is -0.492 e. The Morgan fingerprint density at radius 3 is 2.32 bits per heavy atom. The van der Waals surface area contributed by atoms with Gasteiger partial charge in [0.15, 0.2) is 0 Å². The van der Waals surface area contributed by atoms with E-state index in [1.54, 1.807) is 0 Å². The van der Waals surface area contributed by atoms with Gasteiger partial charge in [-0.3, -0.25) is 14.4 Å². The Labute approximate surface area is 192 Å². The van der Waals surface area contributed by atoms with Crippen LogP contribution in [0, 0.1) is 5.82 Å². The number of carbonyl (C=O) groups is 2. The van der Waals surface area contributed by atoms with E-state index in [1.807, 2.05) is 30.3 Å². The highest BCUT2D eigenvalue weighted by Gasteiger charge is 2.22. The third-order valence-electron chi connectivity index (χ3n) is 5.22. The Bertz CT molecular complexity index is 1430. The van der Waals surface area contributed by atoms with Gasteiger partial charge < -0.3 is 20.9 Å². The molecule has 3 aromatic carbocycles. The lowest BCUT2D eigenvalue weighted by Crippen LogP contribution is -2.27. The summed E-state index contributed by atoms with van der Waals surface area (Å²) in [4.78, 5) is 37.7. The van der Waals surface area contributed by atoms with Crippen LogP contribution in [0.3, 0.4) is 0 Å². The van der Waals surface area contributed by atoms with E-state index in [4.69, 9.17) is 0 Å². The standard InChI is InChI=1S/C25H20FN3O5/c26-17-8-6-16(7-9-17)14-27-23(31)22-19-11-10-18(13-20(19)24(32)29(34)25(22)33)28-21(30)12-15-4-2-1-3-5-15/h1-11,13,33-34H,12,14H2,(H,27,31)(H,28,30). The highest BCUT2D eigenvalue weighted by molar-refractivity contribution is 6.09. The molecule has 0 aliphatic rings. The first-order valence-corrected chi connectivity index (χ1v) is 10.3. The number of nitrogens with one attached hydrogen (secondary N) is 2. The van der Waals surface area contributed by atoms with Crippen LogP contribution >= 0.6 is 0 Å². The van der Waals surface area contributed by atoms with Gasteiger partial charge in [0.1, 0.15) is 11.4 Å². The van der Waals surface area contributed by atoms with Crippen LogP contribution in [0.25, 0.3) is 10.8 Å². The second-order valence-corrected chi connectivity index (χ2v) is 7.60. The Kier molecular flexibility index (Phi) is 6.26. The first-order valence-electron chi connectivity index (χ1n) is 10.3. The van der Waals surface area contributed by atoms with Crippen molar-refractivity contribution in [2.24, 2.45) is 0 Å². The third kappa shape index (κ3) is 4.73. The first-order chi connectivity index (χ1) is 16.3. The predicted octanol–water partition coefficient (Wildman–Crippen LogP) is 3.19. The zero-order valence-corrected chi connectivity index (χ0v) is 17.8. The average Bonchev–Trinajstić information content (AvgIpc) is 2.83. The SMILES string of the molecule is O=C(Cc1ccccc1)Nc1ccc2c(C(=O)NCc3ccc(F)cc3)c(O)n(O)c(=O)c2c1. The molecule has 8 nitrogen and oxygen atoms in total. The van der Waals surface area contributed by atoms with Crippen molar-refractivity contribution in [3.63, 3.8) is 0 Å². The number of anilines is 1. The molecule has 4 N–H and O–H groups in total. The molecule has 0 unspecified atom stereocenters. The Morgan fingerprint density at radius 1 is 0.912 bits per heavy atom. The maximum atomic E-state index is 13.1. The van der Waals surface area contributed by atoms with E-state index in [-0.39, 0.29) is 45.6 Å². The fourth-order valence-corrected chi connectivity index (χ4v) is 3.54. The molecule has 0 bridgehead atoms. The molecule has 2 amide bonds. The molecule has 4 aromatic rings. The Hall–Kier alpha value is -4.66. The molecule has 34 heavy (non-hydrogen) atoms. The summed E-state index contributed by atoms with van der Waals surface area (Å²) in [5.41, 5.74) is 0.430. The molecule has 0 aliphatic carbocycles. The Balaban J connectivity index is 1.61. The summed E-state index contributed by atoms with van der Waals surface area (Å²) in [5, 5.41) is 25.6. The van der Waals surface area contributed by atoms with E-state index in [0.29, 0.717) is 5.56 Å².